The van der Waals surface area contributed by atoms with Crippen molar-refractivity contribution in [2.24, 2.45) is 0 Å². The average Bonchev–Trinajstić information content (AvgIpc) is 3.03. The van der Waals surface area contributed by atoms with Gasteiger partial charge in [0.15, 0.2) is 5.43 Å². The molecule has 4 rings (SSSR count). The molecule has 3 aromatic rings. The Hall–Kier alpha value is -3.08. The van der Waals surface area contributed by atoms with Gasteiger partial charge in [0.25, 0.3) is 5.91 Å². The van der Waals surface area contributed by atoms with E-state index in [0.29, 0.717) is 29.7 Å². The summed E-state index contributed by atoms with van der Waals surface area (Å²) in [5.41, 5.74) is 1.56. The lowest BCUT2D eigenvalue weighted by molar-refractivity contribution is 0.0737. The summed E-state index contributed by atoms with van der Waals surface area (Å²) >= 11 is 0. The molecule has 0 radical (unpaired) electrons. The third kappa shape index (κ3) is 3.41. The second-order valence-corrected chi connectivity index (χ2v) is 7.29. The number of para-hydroxylation sites is 1. The monoisotopic (exact) mass is 391 g/mol. The molecule has 0 spiro atoms. The molecule has 0 bridgehead atoms. The number of carbonyl (C=O) groups is 1. The van der Waals surface area contributed by atoms with Crippen LogP contribution in [-0.4, -0.2) is 24.0 Å². The van der Waals surface area contributed by atoms with Crippen LogP contribution >= 0.6 is 0 Å². The number of benzene rings is 2. The molecule has 0 saturated heterocycles. The van der Waals surface area contributed by atoms with Crippen LogP contribution in [0.4, 0.5) is 0 Å². The first-order valence-electron chi connectivity index (χ1n) is 10.2. The van der Waals surface area contributed by atoms with E-state index in [9.17, 15) is 9.59 Å². The summed E-state index contributed by atoms with van der Waals surface area (Å²) in [4.78, 5) is 28.0. The zero-order valence-corrected chi connectivity index (χ0v) is 16.8. The van der Waals surface area contributed by atoms with Crippen molar-refractivity contribution < 1.29 is 13.9 Å². The fourth-order valence-electron chi connectivity index (χ4n) is 3.96. The van der Waals surface area contributed by atoms with E-state index in [2.05, 4.69) is 6.92 Å². The maximum Gasteiger partial charge on any atom is 0.290 e. The highest BCUT2D eigenvalue weighted by atomic mass is 16.5. The van der Waals surface area contributed by atoms with Crippen LogP contribution in [0.15, 0.2) is 57.7 Å². The van der Waals surface area contributed by atoms with Gasteiger partial charge in [-0.15, -0.1) is 0 Å². The standard InChI is InChI=1S/C24H25NO4/c1-3-5-8-14-28-17-11-9-10-16(15-17)21-20-22(26)18-12-6-7-13-19(18)29-23(20)24(27)25(21)4-2/h6-7,9-13,15,21H,3-5,8,14H2,1-2H3/t21-/m0/s1. The molecule has 5 heteroatoms. The van der Waals surface area contributed by atoms with Crippen LogP contribution < -0.4 is 10.2 Å². The van der Waals surface area contributed by atoms with Gasteiger partial charge in [-0.3, -0.25) is 9.59 Å². The summed E-state index contributed by atoms with van der Waals surface area (Å²) in [5, 5.41) is 0.494. The van der Waals surface area contributed by atoms with Crippen LogP contribution in [0.25, 0.3) is 11.0 Å². The first-order valence-corrected chi connectivity index (χ1v) is 10.2. The Morgan fingerprint density at radius 2 is 1.86 bits per heavy atom. The Labute approximate surface area is 169 Å². The van der Waals surface area contributed by atoms with E-state index >= 15 is 0 Å². The highest BCUT2D eigenvalue weighted by Gasteiger charge is 2.41. The van der Waals surface area contributed by atoms with E-state index in [1.807, 2.05) is 31.2 Å². The van der Waals surface area contributed by atoms with Crippen molar-refractivity contribution in [1.82, 2.24) is 4.90 Å². The van der Waals surface area contributed by atoms with Gasteiger partial charge in [0.1, 0.15) is 11.3 Å². The van der Waals surface area contributed by atoms with Gasteiger partial charge in [0.05, 0.1) is 23.6 Å². The van der Waals surface area contributed by atoms with Crippen LogP contribution in [0.3, 0.4) is 0 Å². The van der Waals surface area contributed by atoms with Gasteiger partial charge in [-0.1, -0.05) is 44.0 Å². The molecule has 0 unspecified atom stereocenters. The van der Waals surface area contributed by atoms with Crippen molar-refractivity contribution in [3.05, 3.63) is 75.6 Å². The summed E-state index contributed by atoms with van der Waals surface area (Å²) in [6.07, 6.45) is 3.27. The third-order valence-corrected chi connectivity index (χ3v) is 5.40. The molecule has 1 aliphatic heterocycles. The highest BCUT2D eigenvalue weighted by Crippen LogP contribution is 2.38. The first-order chi connectivity index (χ1) is 14.2. The molecule has 150 valence electrons. The van der Waals surface area contributed by atoms with E-state index < -0.39 is 6.04 Å². The minimum Gasteiger partial charge on any atom is -0.494 e. The molecule has 1 amide bonds. The zero-order chi connectivity index (χ0) is 20.4. The normalized spacial score (nSPS) is 15.7. The van der Waals surface area contributed by atoms with E-state index in [-0.39, 0.29) is 17.1 Å². The number of unbranched alkanes of at least 4 members (excludes halogenated alkanes) is 2. The second-order valence-electron chi connectivity index (χ2n) is 7.29. The van der Waals surface area contributed by atoms with Crippen molar-refractivity contribution in [3.8, 4) is 5.75 Å². The number of rotatable bonds is 7. The van der Waals surface area contributed by atoms with Crippen LogP contribution in [0.1, 0.15) is 60.8 Å². The number of carbonyl (C=O) groups excluding carboxylic acids is 1. The molecule has 1 aromatic heterocycles. The van der Waals surface area contributed by atoms with Crippen molar-refractivity contribution in [3.63, 3.8) is 0 Å². The molecule has 5 nitrogen and oxygen atoms in total. The fraction of sp³-hybridized carbons (Fsp3) is 0.333. The van der Waals surface area contributed by atoms with E-state index in [1.54, 1.807) is 29.2 Å². The smallest absolute Gasteiger partial charge is 0.290 e. The molecule has 29 heavy (non-hydrogen) atoms. The van der Waals surface area contributed by atoms with E-state index in [4.69, 9.17) is 9.15 Å². The third-order valence-electron chi connectivity index (χ3n) is 5.40. The predicted molar refractivity (Wildman–Crippen MR) is 112 cm³/mol. The first kappa shape index (κ1) is 19.2. The van der Waals surface area contributed by atoms with Gasteiger partial charge in [0.2, 0.25) is 5.76 Å². The summed E-state index contributed by atoms with van der Waals surface area (Å²) in [5.74, 6) is 0.653. The number of amides is 1. The second kappa shape index (κ2) is 8.11. The lowest BCUT2D eigenvalue weighted by Gasteiger charge is -2.24. The molecular formula is C24H25NO4. The van der Waals surface area contributed by atoms with Crippen LogP contribution in [0, 0.1) is 0 Å². The molecule has 2 aromatic carbocycles. The van der Waals surface area contributed by atoms with Gasteiger partial charge in [-0.05, 0) is 43.2 Å². The lowest BCUT2D eigenvalue weighted by Crippen LogP contribution is -2.29. The summed E-state index contributed by atoms with van der Waals surface area (Å²) in [7, 11) is 0. The minimum atomic E-state index is -0.470. The fourth-order valence-corrected chi connectivity index (χ4v) is 3.96. The quantitative estimate of drug-likeness (QED) is 0.536. The predicted octanol–water partition coefficient (Wildman–Crippen LogP) is 4.93. The number of hydrogen-bond acceptors (Lipinski definition) is 4. The maximum atomic E-state index is 13.3. The Bertz CT molecular complexity index is 1100. The van der Waals surface area contributed by atoms with Crippen LogP contribution in [-0.2, 0) is 0 Å². The molecule has 0 saturated carbocycles. The maximum absolute atomic E-state index is 13.3. The van der Waals surface area contributed by atoms with E-state index in [0.717, 1.165) is 30.6 Å². The van der Waals surface area contributed by atoms with Gasteiger partial charge < -0.3 is 14.1 Å². The lowest BCUT2D eigenvalue weighted by atomic mass is 9.98. The van der Waals surface area contributed by atoms with Crippen molar-refractivity contribution in [2.45, 2.75) is 39.2 Å². The van der Waals surface area contributed by atoms with Crippen molar-refractivity contribution in [1.29, 1.82) is 0 Å². The highest BCUT2D eigenvalue weighted by molar-refractivity contribution is 5.99. The summed E-state index contributed by atoms with van der Waals surface area (Å²) in [6.45, 7) is 5.20. The van der Waals surface area contributed by atoms with Gasteiger partial charge in [0, 0.05) is 6.54 Å². The Kier molecular flexibility index (Phi) is 5.38. The Morgan fingerprint density at radius 1 is 1.03 bits per heavy atom. The largest absolute Gasteiger partial charge is 0.494 e. The summed E-state index contributed by atoms with van der Waals surface area (Å²) in [6, 6.07) is 14.3. The summed E-state index contributed by atoms with van der Waals surface area (Å²) < 4.78 is 11.8. The Balaban J connectivity index is 1.78. The van der Waals surface area contributed by atoms with E-state index in [1.165, 1.54) is 0 Å². The van der Waals surface area contributed by atoms with Gasteiger partial charge >= 0.3 is 0 Å². The van der Waals surface area contributed by atoms with Gasteiger partial charge in [-0.25, -0.2) is 0 Å². The number of nitrogens with zero attached hydrogens (tertiary/aromatic N) is 1. The average molecular weight is 391 g/mol. The van der Waals surface area contributed by atoms with Crippen molar-refractivity contribution >= 4 is 16.9 Å². The van der Waals surface area contributed by atoms with Crippen LogP contribution in [0.2, 0.25) is 0 Å². The van der Waals surface area contributed by atoms with Crippen LogP contribution in [0.5, 0.6) is 5.75 Å². The zero-order valence-electron chi connectivity index (χ0n) is 16.8. The molecular weight excluding hydrogens is 366 g/mol. The van der Waals surface area contributed by atoms with Gasteiger partial charge in [-0.2, -0.15) is 0 Å². The number of fused-ring (bicyclic) bond motifs is 2. The van der Waals surface area contributed by atoms with Crippen molar-refractivity contribution in [2.75, 3.05) is 13.2 Å². The SMILES string of the molecule is CCCCCOc1cccc([C@H]2c3c(oc4ccccc4c3=O)C(=O)N2CC)c1. The molecule has 0 N–H and O–H groups in total. The molecule has 1 aliphatic rings. The molecule has 2 heterocycles. The topological polar surface area (TPSA) is 59.8 Å². The minimum absolute atomic E-state index is 0.148. The number of ether oxygens (including phenoxy) is 1. The molecule has 0 fully saturated rings. The molecule has 0 aliphatic carbocycles. The number of hydrogen-bond donors (Lipinski definition) is 0. The molecule has 1 atom stereocenters. The Morgan fingerprint density at radius 3 is 2.66 bits per heavy atom.